The Kier molecular flexibility index (Phi) is 4.71. The Balaban J connectivity index is 3.14. The van der Waals surface area contributed by atoms with Crippen molar-refractivity contribution in [1.29, 1.82) is 0 Å². The van der Waals surface area contributed by atoms with Crippen LogP contribution in [0.5, 0.6) is 0 Å². The van der Waals surface area contributed by atoms with E-state index in [-0.39, 0.29) is 24.3 Å². The van der Waals surface area contributed by atoms with Crippen LogP contribution in [0.15, 0.2) is 0 Å². The van der Waals surface area contributed by atoms with Gasteiger partial charge in [-0.15, -0.1) is 0 Å². The Morgan fingerprint density at radius 3 is 2.28 bits per heavy atom. The molecule has 5 heteroatoms. The van der Waals surface area contributed by atoms with Crippen LogP contribution in [0.2, 0.25) is 0 Å². The summed E-state index contributed by atoms with van der Waals surface area (Å²) >= 11 is 0. The van der Waals surface area contributed by atoms with E-state index >= 15 is 0 Å². The van der Waals surface area contributed by atoms with Gasteiger partial charge in [0.05, 0.1) is 6.54 Å². The van der Waals surface area contributed by atoms with E-state index in [2.05, 4.69) is 5.32 Å². The number of halogens is 1. The number of nitrogens with zero attached hydrogens (tertiary/aromatic N) is 1. The lowest BCUT2D eigenvalue weighted by Crippen LogP contribution is -2.71. The molecule has 0 aromatic heterocycles. The molecule has 104 valence electrons. The molecule has 0 aromatic carbocycles. The molecule has 1 aliphatic heterocycles. The standard InChI is InChI=1S/C13H23FN2O2/c1-5-13(6-2)12(18)15-10(9(3)4)11(17)16(13)8-7-14/h9-10H,5-8H2,1-4H3,(H,15,18). The number of rotatable bonds is 5. The van der Waals surface area contributed by atoms with Crippen LogP contribution in [0.25, 0.3) is 0 Å². The van der Waals surface area contributed by atoms with Gasteiger partial charge in [-0.05, 0) is 18.8 Å². The molecule has 0 spiro atoms. The largest absolute Gasteiger partial charge is 0.342 e. The van der Waals surface area contributed by atoms with Crippen molar-refractivity contribution < 1.29 is 14.0 Å². The fourth-order valence-corrected chi connectivity index (χ4v) is 2.65. The highest BCUT2D eigenvalue weighted by Crippen LogP contribution is 2.30. The molecule has 4 nitrogen and oxygen atoms in total. The summed E-state index contributed by atoms with van der Waals surface area (Å²) in [6.07, 6.45) is 1.01. The van der Waals surface area contributed by atoms with E-state index in [1.807, 2.05) is 27.7 Å². The molecule has 1 saturated heterocycles. The second-order valence-corrected chi connectivity index (χ2v) is 5.11. The topological polar surface area (TPSA) is 49.4 Å². The number of hydrogen-bond donors (Lipinski definition) is 1. The summed E-state index contributed by atoms with van der Waals surface area (Å²) in [7, 11) is 0. The van der Waals surface area contributed by atoms with E-state index in [0.29, 0.717) is 12.8 Å². The third-order valence-electron chi connectivity index (χ3n) is 3.90. The maximum Gasteiger partial charge on any atom is 0.246 e. The van der Waals surface area contributed by atoms with Crippen LogP contribution in [0, 0.1) is 5.92 Å². The zero-order chi connectivity index (χ0) is 13.9. The lowest BCUT2D eigenvalue weighted by atomic mass is 9.84. The van der Waals surface area contributed by atoms with Gasteiger partial charge in [0.1, 0.15) is 18.3 Å². The second-order valence-electron chi connectivity index (χ2n) is 5.11. The molecule has 0 saturated carbocycles. The highest BCUT2D eigenvalue weighted by Gasteiger charge is 2.50. The first-order valence-corrected chi connectivity index (χ1v) is 6.63. The Morgan fingerprint density at radius 2 is 1.89 bits per heavy atom. The predicted molar refractivity (Wildman–Crippen MR) is 67.8 cm³/mol. The number of carbonyl (C=O) groups is 2. The van der Waals surface area contributed by atoms with E-state index in [1.54, 1.807) is 0 Å². The van der Waals surface area contributed by atoms with Crippen molar-refractivity contribution in [1.82, 2.24) is 10.2 Å². The summed E-state index contributed by atoms with van der Waals surface area (Å²) in [6, 6.07) is -0.532. The zero-order valence-electron chi connectivity index (χ0n) is 11.6. The molecule has 18 heavy (non-hydrogen) atoms. The second kappa shape index (κ2) is 5.67. The Labute approximate surface area is 108 Å². The first kappa shape index (κ1) is 14.9. The summed E-state index contributed by atoms with van der Waals surface area (Å²) in [6.45, 7) is 6.85. The summed E-state index contributed by atoms with van der Waals surface area (Å²) < 4.78 is 12.7. The van der Waals surface area contributed by atoms with Gasteiger partial charge in [0.2, 0.25) is 11.8 Å². The molecule has 0 radical (unpaired) electrons. The number of alkyl halides is 1. The molecule has 0 bridgehead atoms. The van der Waals surface area contributed by atoms with Crippen LogP contribution in [-0.4, -0.2) is 41.5 Å². The maximum absolute atomic E-state index is 12.7. The van der Waals surface area contributed by atoms with Crippen LogP contribution < -0.4 is 5.32 Å². The molecular weight excluding hydrogens is 235 g/mol. The average molecular weight is 258 g/mol. The highest BCUT2D eigenvalue weighted by molar-refractivity contribution is 5.99. The molecule has 1 atom stereocenters. The average Bonchev–Trinajstić information content (AvgIpc) is 2.34. The van der Waals surface area contributed by atoms with Gasteiger partial charge in [0, 0.05) is 0 Å². The van der Waals surface area contributed by atoms with Gasteiger partial charge in [-0.3, -0.25) is 9.59 Å². The maximum atomic E-state index is 12.7. The van der Waals surface area contributed by atoms with Gasteiger partial charge >= 0.3 is 0 Å². The number of carbonyl (C=O) groups excluding carboxylic acids is 2. The van der Waals surface area contributed by atoms with Gasteiger partial charge in [0.15, 0.2) is 0 Å². The van der Waals surface area contributed by atoms with Crippen LogP contribution in [0.1, 0.15) is 40.5 Å². The third kappa shape index (κ3) is 2.22. The molecule has 1 aliphatic rings. The summed E-state index contributed by atoms with van der Waals surface area (Å²) in [4.78, 5) is 26.1. The van der Waals surface area contributed by atoms with Gasteiger partial charge in [-0.2, -0.15) is 0 Å². The minimum atomic E-state index is -0.880. The number of hydrogen-bond acceptors (Lipinski definition) is 2. The SMILES string of the molecule is CCC1(CC)C(=O)NC(C(C)C)C(=O)N1CCF. The van der Waals surface area contributed by atoms with Gasteiger partial charge < -0.3 is 10.2 Å². The molecular formula is C13H23FN2O2. The first-order valence-electron chi connectivity index (χ1n) is 6.63. The van der Waals surface area contributed by atoms with Crippen molar-refractivity contribution in [3.8, 4) is 0 Å². The van der Waals surface area contributed by atoms with Crippen molar-refractivity contribution in [3.63, 3.8) is 0 Å². The molecule has 1 heterocycles. The number of amides is 2. The third-order valence-corrected chi connectivity index (χ3v) is 3.90. The molecule has 1 fully saturated rings. The van der Waals surface area contributed by atoms with Crippen molar-refractivity contribution in [2.45, 2.75) is 52.1 Å². The zero-order valence-corrected chi connectivity index (χ0v) is 11.6. The van der Waals surface area contributed by atoms with Crippen LogP contribution >= 0.6 is 0 Å². The fourth-order valence-electron chi connectivity index (χ4n) is 2.65. The molecule has 1 N–H and O–H groups in total. The van der Waals surface area contributed by atoms with Crippen LogP contribution in [0.3, 0.4) is 0 Å². The molecule has 1 rings (SSSR count). The summed E-state index contributed by atoms with van der Waals surface area (Å²) in [5, 5.41) is 2.79. The fraction of sp³-hybridized carbons (Fsp3) is 0.846. The van der Waals surface area contributed by atoms with E-state index in [1.165, 1.54) is 4.90 Å². The van der Waals surface area contributed by atoms with Crippen molar-refractivity contribution in [2.24, 2.45) is 5.92 Å². The Hall–Kier alpha value is -1.13. The van der Waals surface area contributed by atoms with E-state index in [4.69, 9.17) is 0 Å². The smallest absolute Gasteiger partial charge is 0.246 e. The van der Waals surface area contributed by atoms with E-state index in [0.717, 1.165) is 0 Å². The Morgan fingerprint density at radius 1 is 1.33 bits per heavy atom. The van der Waals surface area contributed by atoms with Gasteiger partial charge in [-0.25, -0.2) is 4.39 Å². The minimum Gasteiger partial charge on any atom is -0.342 e. The van der Waals surface area contributed by atoms with Crippen LogP contribution in [0.4, 0.5) is 4.39 Å². The normalized spacial score (nSPS) is 23.4. The Bertz CT molecular complexity index is 327. The van der Waals surface area contributed by atoms with E-state index < -0.39 is 18.3 Å². The lowest BCUT2D eigenvalue weighted by molar-refractivity contribution is -0.159. The molecule has 0 aromatic rings. The lowest BCUT2D eigenvalue weighted by Gasteiger charge is -2.48. The predicted octanol–water partition coefficient (Wildman–Crippen LogP) is 1.50. The number of nitrogens with one attached hydrogen (secondary N) is 1. The minimum absolute atomic E-state index is 0.00282. The van der Waals surface area contributed by atoms with Crippen molar-refractivity contribution >= 4 is 11.8 Å². The van der Waals surface area contributed by atoms with Crippen molar-refractivity contribution in [2.75, 3.05) is 13.2 Å². The summed E-state index contributed by atoms with van der Waals surface area (Å²) in [5.74, 6) is -0.305. The molecule has 0 aliphatic carbocycles. The quantitative estimate of drug-likeness (QED) is 0.812. The summed E-state index contributed by atoms with van der Waals surface area (Å²) in [5.41, 5.74) is -0.880. The first-order chi connectivity index (χ1) is 8.44. The molecule has 1 unspecified atom stereocenters. The van der Waals surface area contributed by atoms with Crippen molar-refractivity contribution in [3.05, 3.63) is 0 Å². The monoisotopic (exact) mass is 258 g/mol. The van der Waals surface area contributed by atoms with Gasteiger partial charge in [-0.1, -0.05) is 27.7 Å². The van der Waals surface area contributed by atoms with Crippen LogP contribution in [-0.2, 0) is 9.59 Å². The highest BCUT2D eigenvalue weighted by atomic mass is 19.1. The van der Waals surface area contributed by atoms with Gasteiger partial charge in [0.25, 0.3) is 0 Å². The van der Waals surface area contributed by atoms with E-state index in [9.17, 15) is 14.0 Å². The number of piperazine rings is 1. The molecule has 2 amide bonds.